The molecule has 7 nitrogen and oxygen atoms in total. The number of primary amides is 1. The number of hydrogen-bond donors (Lipinski definition) is 3. The summed E-state index contributed by atoms with van der Waals surface area (Å²) in [7, 11) is -3.22. The molecule has 146 valence electrons. The number of fused-ring (bicyclic) bond motifs is 1. The molecule has 1 aliphatic rings. The van der Waals surface area contributed by atoms with Gasteiger partial charge < -0.3 is 16.0 Å². The molecule has 0 fully saturated rings. The van der Waals surface area contributed by atoms with Gasteiger partial charge in [0.25, 0.3) is 0 Å². The fraction of sp³-hybridized carbons (Fsp3) is 0.0476. The van der Waals surface area contributed by atoms with Crippen LogP contribution in [0.1, 0.15) is 11.3 Å². The zero-order chi connectivity index (χ0) is 20.6. The van der Waals surface area contributed by atoms with Crippen LogP contribution in [0.3, 0.4) is 0 Å². The molecule has 0 bridgehead atoms. The molecule has 0 aliphatic carbocycles. The molecule has 0 saturated carbocycles. The average Bonchev–Trinajstić information content (AvgIpc) is 3.28. The summed E-state index contributed by atoms with van der Waals surface area (Å²) >= 11 is 0. The van der Waals surface area contributed by atoms with E-state index in [2.05, 4.69) is 15.3 Å². The molecule has 0 atom stereocenters. The van der Waals surface area contributed by atoms with Crippen LogP contribution in [0.2, 0.25) is 0 Å². The zero-order valence-electron chi connectivity index (χ0n) is 15.5. The van der Waals surface area contributed by atoms with Gasteiger partial charge >= 0.3 is 6.03 Å². The fourth-order valence-electron chi connectivity index (χ4n) is 3.15. The monoisotopic (exact) mass is 406 g/mol. The molecule has 0 unspecified atom stereocenters. The van der Waals surface area contributed by atoms with Crippen LogP contribution in [-0.2, 0) is 9.84 Å². The number of aromatic amines is 1. The lowest BCUT2D eigenvalue weighted by Crippen LogP contribution is -2.19. The first-order chi connectivity index (χ1) is 13.8. The highest BCUT2D eigenvalue weighted by Crippen LogP contribution is 2.35. The van der Waals surface area contributed by atoms with Crippen LogP contribution in [0.15, 0.2) is 64.6 Å². The minimum atomic E-state index is -3.22. The molecule has 0 spiro atoms. The van der Waals surface area contributed by atoms with Crippen molar-refractivity contribution in [2.45, 2.75) is 4.90 Å². The summed E-state index contributed by atoms with van der Waals surface area (Å²) in [5.74, 6) is 0. The van der Waals surface area contributed by atoms with Gasteiger partial charge in [0.15, 0.2) is 9.84 Å². The lowest BCUT2D eigenvalue weighted by molar-refractivity contribution is 0.259. The maximum Gasteiger partial charge on any atom is 0.316 e. The largest absolute Gasteiger partial charge is 0.361 e. The van der Waals surface area contributed by atoms with Gasteiger partial charge in [0.1, 0.15) is 0 Å². The van der Waals surface area contributed by atoms with Gasteiger partial charge in [-0.15, -0.1) is 0 Å². The van der Waals surface area contributed by atoms with Crippen molar-refractivity contribution in [1.82, 2.24) is 4.98 Å². The fourth-order valence-corrected chi connectivity index (χ4v) is 3.78. The van der Waals surface area contributed by atoms with Crippen molar-refractivity contribution in [3.63, 3.8) is 0 Å². The smallest absolute Gasteiger partial charge is 0.316 e. The van der Waals surface area contributed by atoms with Crippen LogP contribution < -0.4 is 11.1 Å². The van der Waals surface area contributed by atoms with E-state index in [1.54, 1.807) is 36.5 Å². The molecule has 0 saturated heterocycles. The van der Waals surface area contributed by atoms with E-state index in [0.29, 0.717) is 10.6 Å². The molecule has 4 rings (SSSR count). The van der Waals surface area contributed by atoms with Gasteiger partial charge in [-0.1, -0.05) is 12.1 Å². The first-order valence-corrected chi connectivity index (χ1v) is 10.6. The third kappa shape index (κ3) is 3.97. The minimum Gasteiger partial charge on any atom is -0.361 e. The topological polar surface area (TPSA) is 117 Å². The summed E-state index contributed by atoms with van der Waals surface area (Å²) < 4.78 is 23.2. The summed E-state index contributed by atoms with van der Waals surface area (Å²) in [5, 5.41) is 2.57. The number of hydrogen-bond acceptors (Lipinski definition) is 4. The molecular weight excluding hydrogens is 388 g/mol. The van der Waals surface area contributed by atoms with E-state index in [1.165, 1.54) is 6.26 Å². The number of anilines is 1. The average molecular weight is 406 g/mol. The van der Waals surface area contributed by atoms with Crippen LogP contribution >= 0.6 is 0 Å². The number of nitrogens with one attached hydrogen (secondary N) is 2. The number of nitrogens with two attached hydrogens (primary N) is 1. The van der Waals surface area contributed by atoms with Gasteiger partial charge in [-0.25, -0.2) is 13.2 Å². The maximum atomic E-state index is 11.6. The number of aliphatic imine (C=N–C) groups is 1. The lowest BCUT2D eigenvalue weighted by atomic mass is 10.0. The SMILES string of the molecule is CS(=O)(=O)c1ccc(-c2c[nH]c(C=C3C=Nc4ccc(NC(N)=O)cc43)c2)cc1. The van der Waals surface area contributed by atoms with Crippen LogP contribution in [0, 0.1) is 0 Å². The number of sulfone groups is 1. The van der Waals surface area contributed by atoms with E-state index < -0.39 is 15.9 Å². The minimum absolute atomic E-state index is 0.290. The number of carbonyl (C=O) groups is 1. The summed E-state index contributed by atoms with van der Waals surface area (Å²) in [6.45, 7) is 0. The Bertz CT molecular complexity index is 1270. The lowest BCUT2D eigenvalue weighted by Gasteiger charge is -2.05. The first kappa shape index (κ1) is 18.7. The highest BCUT2D eigenvalue weighted by Gasteiger charge is 2.14. The van der Waals surface area contributed by atoms with E-state index in [9.17, 15) is 13.2 Å². The van der Waals surface area contributed by atoms with E-state index in [4.69, 9.17) is 5.73 Å². The molecule has 2 heterocycles. The molecule has 1 aliphatic heterocycles. The maximum absolute atomic E-state index is 11.6. The number of H-pyrrole nitrogens is 1. The van der Waals surface area contributed by atoms with Gasteiger partial charge in [0, 0.05) is 41.2 Å². The number of aromatic nitrogens is 1. The predicted octanol–water partition coefficient (Wildman–Crippen LogP) is 3.83. The van der Waals surface area contributed by atoms with Crippen molar-refractivity contribution in [3.05, 3.63) is 66.0 Å². The normalized spacial score (nSPS) is 14.2. The van der Waals surface area contributed by atoms with Crippen molar-refractivity contribution >= 4 is 45.1 Å². The highest BCUT2D eigenvalue weighted by atomic mass is 32.2. The number of amides is 2. The predicted molar refractivity (Wildman–Crippen MR) is 115 cm³/mol. The molecule has 0 radical (unpaired) electrons. The van der Waals surface area contributed by atoms with E-state index in [1.807, 2.05) is 30.5 Å². The molecule has 4 N–H and O–H groups in total. The van der Waals surface area contributed by atoms with Crippen LogP contribution in [0.4, 0.5) is 16.2 Å². The van der Waals surface area contributed by atoms with Crippen molar-refractivity contribution < 1.29 is 13.2 Å². The number of carbonyl (C=O) groups excluding carboxylic acids is 1. The summed E-state index contributed by atoms with van der Waals surface area (Å²) in [6.07, 6.45) is 6.77. The number of nitrogens with zero attached hydrogens (tertiary/aromatic N) is 1. The van der Waals surface area contributed by atoms with Gasteiger partial charge in [-0.05, 0) is 53.6 Å². The van der Waals surface area contributed by atoms with E-state index in [-0.39, 0.29) is 0 Å². The second kappa shape index (κ2) is 7.06. The molecule has 29 heavy (non-hydrogen) atoms. The number of allylic oxidation sites excluding steroid dienone is 1. The van der Waals surface area contributed by atoms with Crippen LogP contribution in [0.25, 0.3) is 22.8 Å². The summed E-state index contributed by atoms with van der Waals surface area (Å²) in [4.78, 5) is 19.0. The Hall–Kier alpha value is -3.65. The molecule has 2 aromatic carbocycles. The third-order valence-corrected chi connectivity index (χ3v) is 5.68. The molecular formula is C21H18N4O3S. The van der Waals surface area contributed by atoms with Gasteiger partial charge in [-0.3, -0.25) is 4.99 Å². The summed E-state index contributed by atoms with van der Waals surface area (Å²) in [6, 6.07) is 13.5. The standard InChI is InChI=1S/C21H18N4O3S/c1-29(27,28)18-5-2-13(3-6-18)14-8-17(23-11-14)9-15-12-24-20-7-4-16(10-19(15)20)25-21(22)26/h2-12,23H,1H3,(H3,22,25,26). The van der Waals surface area contributed by atoms with Crippen molar-refractivity contribution in [3.8, 4) is 11.1 Å². The molecule has 1 aromatic heterocycles. The van der Waals surface area contributed by atoms with Gasteiger partial charge in [-0.2, -0.15) is 0 Å². The van der Waals surface area contributed by atoms with Crippen molar-refractivity contribution in [2.24, 2.45) is 10.7 Å². The molecule has 2 amide bonds. The number of rotatable bonds is 4. The molecule has 3 aromatic rings. The van der Waals surface area contributed by atoms with Crippen LogP contribution in [0.5, 0.6) is 0 Å². The van der Waals surface area contributed by atoms with Gasteiger partial charge in [0.2, 0.25) is 0 Å². The Balaban J connectivity index is 1.61. The second-order valence-electron chi connectivity index (χ2n) is 6.72. The Morgan fingerprint density at radius 2 is 1.86 bits per heavy atom. The van der Waals surface area contributed by atoms with Crippen molar-refractivity contribution in [2.75, 3.05) is 11.6 Å². The Morgan fingerprint density at radius 3 is 2.55 bits per heavy atom. The highest BCUT2D eigenvalue weighted by molar-refractivity contribution is 7.90. The van der Waals surface area contributed by atoms with Crippen LogP contribution in [-0.4, -0.2) is 31.9 Å². The number of urea groups is 1. The Labute approximate surface area is 167 Å². The molecule has 8 heteroatoms. The third-order valence-electron chi connectivity index (χ3n) is 4.55. The summed E-state index contributed by atoms with van der Waals surface area (Å²) in [5.41, 5.74) is 11.1. The zero-order valence-corrected chi connectivity index (χ0v) is 16.3. The second-order valence-corrected chi connectivity index (χ2v) is 8.74. The Kier molecular flexibility index (Phi) is 4.56. The van der Waals surface area contributed by atoms with Gasteiger partial charge in [0.05, 0.1) is 10.6 Å². The van der Waals surface area contributed by atoms with E-state index in [0.717, 1.165) is 33.6 Å². The van der Waals surface area contributed by atoms with E-state index >= 15 is 0 Å². The van der Waals surface area contributed by atoms with Crippen molar-refractivity contribution in [1.29, 1.82) is 0 Å². The first-order valence-electron chi connectivity index (χ1n) is 8.75. The number of benzene rings is 2. The quantitative estimate of drug-likeness (QED) is 0.611. The Morgan fingerprint density at radius 1 is 1.10 bits per heavy atom.